The highest BCUT2D eigenvalue weighted by molar-refractivity contribution is 5.26. The van der Waals surface area contributed by atoms with E-state index in [-0.39, 0.29) is 0 Å². The van der Waals surface area contributed by atoms with Gasteiger partial charge >= 0.3 is 6.18 Å². The highest BCUT2D eigenvalue weighted by Gasteiger charge is 2.47. The first kappa shape index (κ1) is 13.9. The number of fused-ring (bicyclic) bond motifs is 1. The first-order valence-corrected chi connectivity index (χ1v) is 7.30. The third kappa shape index (κ3) is 2.85. The standard InChI is InChI=1S/C16H20F3N/c1-20-15(13-8-11-7-12(11)9-13)6-10-3-2-4-14(5-10)16(17,18)19/h2-5,11-13,15,20H,6-9H2,1H3. The molecule has 1 N–H and O–H groups in total. The highest BCUT2D eigenvalue weighted by atomic mass is 19.4. The average Bonchev–Trinajstić information content (AvgIpc) is 3.02. The van der Waals surface area contributed by atoms with Crippen LogP contribution in [0.1, 0.15) is 30.4 Å². The minimum Gasteiger partial charge on any atom is -0.316 e. The summed E-state index contributed by atoms with van der Waals surface area (Å²) >= 11 is 0. The van der Waals surface area contributed by atoms with Crippen LogP contribution in [0.25, 0.3) is 0 Å². The van der Waals surface area contributed by atoms with E-state index in [2.05, 4.69) is 5.32 Å². The molecule has 2 aliphatic rings. The Labute approximate surface area is 117 Å². The minimum atomic E-state index is -4.25. The van der Waals surface area contributed by atoms with Gasteiger partial charge in [-0.1, -0.05) is 18.2 Å². The van der Waals surface area contributed by atoms with E-state index in [1.54, 1.807) is 6.07 Å². The summed E-state index contributed by atoms with van der Waals surface area (Å²) in [5.74, 6) is 2.42. The van der Waals surface area contributed by atoms with Gasteiger partial charge in [0.05, 0.1) is 5.56 Å². The largest absolute Gasteiger partial charge is 0.416 e. The van der Waals surface area contributed by atoms with E-state index in [4.69, 9.17) is 0 Å². The first-order valence-electron chi connectivity index (χ1n) is 7.30. The number of alkyl halides is 3. The molecule has 1 nitrogen and oxygen atoms in total. The summed E-state index contributed by atoms with van der Waals surface area (Å²) in [5.41, 5.74) is 0.235. The second-order valence-corrected chi connectivity index (χ2v) is 6.28. The van der Waals surface area contributed by atoms with Crippen LogP contribution in [0.4, 0.5) is 13.2 Å². The van der Waals surface area contributed by atoms with Crippen LogP contribution in [0.3, 0.4) is 0 Å². The summed E-state index contributed by atoms with van der Waals surface area (Å²) in [7, 11) is 1.92. The first-order chi connectivity index (χ1) is 9.47. The zero-order valence-corrected chi connectivity index (χ0v) is 11.6. The van der Waals surface area contributed by atoms with Gasteiger partial charge in [-0.25, -0.2) is 0 Å². The molecule has 0 aliphatic heterocycles. The number of hydrogen-bond acceptors (Lipinski definition) is 1. The van der Waals surface area contributed by atoms with Gasteiger partial charge in [0.15, 0.2) is 0 Å². The van der Waals surface area contributed by atoms with Crippen LogP contribution in [-0.2, 0) is 12.6 Å². The molecular formula is C16H20F3N. The second kappa shape index (κ2) is 5.06. The van der Waals surface area contributed by atoms with Crippen LogP contribution in [0.5, 0.6) is 0 Å². The van der Waals surface area contributed by atoms with Crippen LogP contribution >= 0.6 is 0 Å². The van der Waals surface area contributed by atoms with Crippen molar-refractivity contribution in [2.45, 2.75) is 37.9 Å². The lowest BCUT2D eigenvalue weighted by Gasteiger charge is -2.24. The number of benzene rings is 1. The van der Waals surface area contributed by atoms with Crippen molar-refractivity contribution in [3.8, 4) is 0 Å². The molecule has 3 atom stereocenters. The lowest BCUT2D eigenvalue weighted by molar-refractivity contribution is -0.137. The number of rotatable bonds is 4. The quantitative estimate of drug-likeness (QED) is 0.884. The zero-order valence-electron chi connectivity index (χ0n) is 11.6. The Morgan fingerprint density at radius 3 is 2.50 bits per heavy atom. The summed E-state index contributed by atoms with van der Waals surface area (Å²) in [6.45, 7) is 0. The molecule has 110 valence electrons. The van der Waals surface area contributed by atoms with E-state index in [0.717, 1.165) is 23.5 Å². The summed E-state index contributed by atoms with van der Waals surface area (Å²) < 4.78 is 38.2. The van der Waals surface area contributed by atoms with Gasteiger partial charge < -0.3 is 5.32 Å². The van der Waals surface area contributed by atoms with Crippen molar-refractivity contribution in [2.75, 3.05) is 7.05 Å². The van der Waals surface area contributed by atoms with Crippen molar-refractivity contribution in [1.29, 1.82) is 0 Å². The molecule has 2 fully saturated rings. The Morgan fingerprint density at radius 1 is 1.20 bits per heavy atom. The maximum atomic E-state index is 12.7. The van der Waals surface area contributed by atoms with E-state index in [9.17, 15) is 13.2 Å². The lowest BCUT2D eigenvalue weighted by Crippen LogP contribution is -2.35. The van der Waals surface area contributed by atoms with Crippen LogP contribution in [0, 0.1) is 17.8 Å². The minimum absolute atomic E-state index is 0.297. The smallest absolute Gasteiger partial charge is 0.316 e. The van der Waals surface area contributed by atoms with E-state index >= 15 is 0 Å². The third-order valence-corrected chi connectivity index (χ3v) is 4.93. The summed E-state index contributed by atoms with van der Waals surface area (Å²) in [4.78, 5) is 0. The molecule has 0 radical (unpaired) electrons. The fourth-order valence-corrected chi connectivity index (χ4v) is 3.72. The van der Waals surface area contributed by atoms with Gasteiger partial charge in [0.25, 0.3) is 0 Å². The lowest BCUT2D eigenvalue weighted by atomic mass is 9.89. The van der Waals surface area contributed by atoms with Gasteiger partial charge in [-0.05, 0) is 62.1 Å². The van der Waals surface area contributed by atoms with E-state index in [1.807, 2.05) is 7.05 Å². The van der Waals surface area contributed by atoms with Gasteiger partial charge in [-0.15, -0.1) is 0 Å². The summed E-state index contributed by atoms with van der Waals surface area (Å²) in [5, 5.41) is 3.31. The Balaban J connectivity index is 1.69. The molecule has 2 saturated carbocycles. The number of likely N-dealkylation sites (N-methyl/N-ethyl adjacent to an activating group) is 1. The van der Waals surface area contributed by atoms with Crippen LogP contribution < -0.4 is 5.32 Å². The summed E-state index contributed by atoms with van der Waals surface area (Å²) in [6.07, 6.45) is 0.297. The van der Waals surface area contributed by atoms with Gasteiger partial charge in [-0.3, -0.25) is 0 Å². The van der Waals surface area contributed by atoms with Crippen molar-refractivity contribution in [3.05, 3.63) is 35.4 Å². The highest BCUT2D eigenvalue weighted by Crippen LogP contribution is 2.55. The van der Waals surface area contributed by atoms with E-state index in [0.29, 0.717) is 18.4 Å². The second-order valence-electron chi connectivity index (χ2n) is 6.28. The Hall–Kier alpha value is -1.03. The van der Waals surface area contributed by atoms with Gasteiger partial charge in [0, 0.05) is 6.04 Å². The molecule has 1 aromatic rings. The van der Waals surface area contributed by atoms with E-state index < -0.39 is 11.7 Å². The van der Waals surface area contributed by atoms with Crippen molar-refractivity contribution in [2.24, 2.45) is 17.8 Å². The topological polar surface area (TPSA) is 12.0 Å². The van der Waals surface area contributed by atoms with Crippen molar-refractivity contribution < 1.29 is 13.2 Å². The van der Waals surface area contributed by atoms with Crippen LogP contribution in [0.15, 0.2) is 24.3 Å². The molecule has 3 unspecified atom stereocenters. The molecule has 2 aliphatic carbocycles. The van der Waals surface area contributed by atoms with Gasteiger partial charge in [-0.2, -0.15) is 13.2 Å². The Kier molecular flexibility index (Phi) is 3.53. The predicted octanol–water partition coefficient (Wildman–Crippen LogP) is 3.88. The zero-order chi connectivity index (χ0) is 14.3. The maximum absolute atomic E-state index is 12.7. The maximum Gasteiger partial charge on any atom is 0.416 e. The molecule has 0 aromatic heterocycles. The van der Waals surface area contributed by atoms with Crippen LogP contribution in [-0.4, -0.2) is 13.1 Å². The van der Waals surface area contributed by atoms with E-state index in [1.165, 1.54) is 31.4 Å². The predicted molar refractivity (Wildman–Crippen MR) is 72.3 cm³/mol. The number of halogens is 3. The molecule has 3 rings (SSSR count). The average molecular weight is 283 g/mol. The number of hydrogen-bond donors (Lipinski definition) is 1. The monoisotopic (exact) mass is 283 g/mol. The molecule has 4 heteroatoms. The van der Waals surface area contributed by atoms with Crippen LogP contribution in [0.2, 0.25) is 0 Å². The summed E-state index contributed by atoms with van der Waals surface area (Å²) in [6, 6.07) is 6.04. The third-order valence-electron chi connectivity index (χ3n) is 4.93. The van der Waals surface area contributed by atoms with Crippen molar-refractivity contribution in [3.63, 3.8) is 0 Å². The molecule has 20 heavy (non-hydrogen) atoms. The SMILES string of the molecule is CNC(Cc1cccc(C(F)(F)F)c1)C1CC2CC2C1. The fourth-order valence-electron chi connectivity index (χ4n) is 3.72. The molecule has 0 amide bonds. The molecule has 0 heterocycles. The number of nitrogens with one attached hydrogen (secondary N) is 1. The fraction of sp³-hybridized carbons (Fsp3) is 0.625. The normalized spacial score (nSPS) is 30.1. The van der Waals surface area contributed by atoms with Gasteiger partial charge in [0.2, 0.25) is 0 Å². The Morgan fingerprint density at radius 2 is 1.90 bits per heavy atom. The molecular weight excluding hydrogens is 263 g/mol. The molecule has 1 aromatic carbocycles. The molecule has 0 spiro atoms. The van der Waals surface area contributed by atoms with Crippen molar-refractivity contribution >= 4 is 0 Å². The van der Waals surface area contributed by atoms with Crippen molar-refractivity contribution in [1.82, 2.24) is 5.32 Å². The molecule has 0 saturated heterocycles. The Bertz CT molecular complexity index is 473. The van der Waals surface area contributed by atoms with Gasteiger partial charge in [0.1, 0.15) is 0 Å². The molecule has 0 bridgehead atoms.